The molecule has 1 aromatic carbocycles. The van der Waals surface area contributed by atoms with Crippen molar-refractivity contribution in [1.29, 1.82) is 0 Å². The predicted molar refractivity (Wildman–Crippen MR) is 77.9 cm³/mol. The van der Waals surface area contributed by atoms with E-state index in [4.69, 9.17) is 16.7 Å². The Morgan fingerprint density at radius 1 is 1.50 bits per heavy atom. The second kappa shape index (κ2) is 5.31. The summed E-state index contributed by atoms with van der Waals surface area (Å²) in [4.78, 5) is 14.6. The van der Waals surface area contributed by atoms with Gasteiger partial charge in [-0.25, -0.2) is 4.39 Å². The molecule has 1 aliphatic rings. The lowest BCUT2D eigenvalue weighted by molar-refractivity contribution is 0.0713. The second-order valence-electron chi connectivity index (χ2n) is 4.84. The molecule has 1 fully saturated rings. The molecule has 1 N–H and O–H groups in total. The first-order valence-electron chi connectivity index (χ1n) is 6.41. The van der Waals surface area contributed by atoms with Crippen molar-refractivity contribution >= 4 is 38.9 Å². The van der Waals surface area contributed by atoms with Gasteiger partial charge in [0.1, 0.15) is 10.7 Å². The zero-order valence-corrected chi connectivity index (χ0v) is 12.2. The van der Waals surface area contributed by atoms with Crippen LogP contribution in [-0.2, 0) is 0 Å². The highest BCUT2D eigenvalue weighted by Gasteiger charge is 2.34. The van der Waals surface area contributed by atoms with E-state index in [1.165, 1.54) is 23.5 Å². The van der Waals surface area contributed by atoms with Crippen molar-refractivity contribution in [2.75, 3.05) is 13.2 Å². The van der Waals surface area contributed by atoms with Crippen LogP contribution in [0.15, 0.2) is 18.2 Å². The first kappa shape index (κ1) is 13.8. The molecule has 3 rings (SSSR count). The van der Waals surface area contributed by atoms with Crippen LogP contribution in [0, 0.1) is 5.82 Å². The summed E-state index contributed by atoms with van der Waals surface area (Å²) < 4.78 is 13.9. The van der Waals surface area contributed by atoms with E-state index in [1.54, 1.807) is 11.0 Å². The Morgan fingerprint density at radius 2 is 2.25 bits per heavy atom. The summed E-state index contributed by atoms with van der Waals surface area (Å²) in [5.74, 6) is -0.517. The minimum Gasteiger partial charge on any atom is -0.395 e. The van der Waals surface area contributed by atoms with Gasteiger partial charge in [-0.1, -0.05) is 11.6 Å². The average Bonchev–Trinajstić information content (AvgIpc) is 3.20. The number of amides is 1. The number of nitrogens with zero attached hydrogens (tertiary/aromatic N) is 1. The second-order valence-corrected chi connectivity index (χ2v) is 6.27. The van der Waals surface area contributed by atoms with Gasteiger partial charge in [0, 0.05) is 22.7 Å². The van der Waals surface area contributed by atoms with Gasteiger partial charge in [-0.2, -0.15) is 0 Å². The highest BCUT2D eigenvalue weighted by atomic mass is 35.5. The van der Waals surface area contributed by atoms with E-state index in [0.717, 1.165) is 12.8 Å². The molecule has 0 saturated heterocycles. The van der Waals surface area contributed by atoms with Crippen molar-refractivity contribution in [3.05, 3.63) is 33.9 Å². The number of fused-ring (bicyclic) bond motifs is 1. The maximum absolute atomic E-state index is 13.2. The molecule has 0 bridgehead atoms. The van der Waals surface area contributed by atoms with E-state index in [9.17, 15) is 9.18 Å². The van der Waals surface area contributed by atoms with Gasteiger partial charge in [0.25, 0.3) is 5.91 Å². The Hall–Kier alpha value is -1.17. The predicted octanol–water partition coefficient (Wildman–Crippen LogP) is 3.29. The third kappa shape index (κ3) is 2.41. The van der Waals surface area contributed by atoms with Crippen molar-refractivity contribution < 1.29 is 14.3 Å². The maximum atomic E-state index is 13.2. The van der Waals surface area contributed by atoms with Gasteiger partial charge in [-0.05, 0) is 31.0 Å². The smallest absolute Gasteiger partial charge is 0.265 e. The van der Waals surface area contributed by atoms with Gasteiger partial charge in [-0.3, -0.25) is 4.79 Å². The molecule has 2 aromatic rings. The molecule has 106 valence electrons. The lowest BCUT2D eigenvalue weighted by Gasteiger charge is -2.20. The fourth-order valence-corrected chi connectivity index (χ4v) is 3.74. The Bertz CT molecular complexity index is 668. The molecule has 0 aliphatic heterocycles. The lowest BCUT2D eigenvalue weighted by Crippen LogP contribution is -2.35. The van der Waals surface area contributed by atoms with Crippen LogP contribution in [0.1, 0.15) is 22.5 Å². The van der Waals surface area contributed by atoms with Crippen LogP contribution in [0.3, 0.4) is 0 Å². The van der Waals surface area contributed by atoms with Gasteiger partial charge in [0.15, 0.2) is 0 Å². The number of hydrogen-bond acceptors (Lipinski definition) is 3. The molecule has 1 aromatic heterocycles. The highest BCUT2D eigenvalue weighted by molar-refractivity contribution is 7.21. The normalized spacial score (nSPS) is 14.8. The number of aliphatic hydroxyl groups excluding tert-OH is 1. The zero-order valence-electron chi connectivity index (χ0n) is 10.6. The first-order valence-corrected chi connectivity index (χ1v) is 7.60. The first-order chi connectivity index (χ1) is 9.61. The Morgan fingerprint density at radius 3 is 2.90 bits per heavy atom. The third-order valence-electron chi connectivity index (χ3n) is 3.38. The van der Waals surface area contributed by atoms with Crippen LogP contribution in [0.5, 0.6) is 0 Å². The summed E-state index contributed by atoms with van der Waals surface area (Å²) in [6.07, 6.45) is 1.92. The summed E-state index contributed by atoms with van der Waals surface area (Å²) in [7, 11) is 0. The molecule has 0 unspecified atom stereocenters. The number of thiophene rings is 1. The monoisotopic (exact) mass is 313 g/mol. The van der Waals surface area contributed by atoms with E-state index in [2.05, 4.69) is 0 Å². The van der Waals surface area contributed by atoms with Crippen LogP contribution in [0.2, 0.25) is 5.02 Å². The van der Waals surface area contributed by atoms with Crippen molar-refractivity contribution in [3.63, 3.8) is 0 Å². The van der Waals surface area contributed by atoms with E-state index in [0.29, 0.717) is 26.5 Å². The fourth-order valence-electron chi connectivity index (χ4n) is 2.25. The summed E-state index contributed by atoms with van der Waals surface area (Å²) in [6.45, 7) is 0.238. The summed E-state index contributed by atoms with van der Waals surface area (Å²) in [6, 6.07) is 4.51. The van der Waals surface area contributed by atoms with Crippen LogP contribution >= 0.6 is 22.9 Å². The minimum atomic E-state index is -0.344. The standard InChI is InChI=1S/C14H13ClFNO2S/c15-12-10-4-1-8(16)7-11(10)20-13(12)14(19)17(5-6-18)9-2-3-9/h1,4,7,9,18H,2-3,5-6H2. The van der Waals surface area contributed by atoms with Crippen molar-refractivity contribution in [2.45, 2.75) is 18.9 Å². The summed E-state index contributed by atoms with van der Waals surface area (Å²) in [5.41, 5.74) is 0. The molecule has 20 heavy (non-hydrogen) atoms. The maximum Gasteiger partial charge on any atom is 0.265 e. The molecule has 3 nitrogen and oxygen atoms in total. The zero-order chi connectivity index (χ0) is 14.3. The lowest BCUT2D eigenvalue weighted by atomic mass is 10.2. The topological polar surface area (TPSA) is 40.5 Å². The highest BCUT2D eigenvalue weighted by Crippen LogP contribution is 2.38. The average molecular weight is 314 g/mol. The van der Waals surface area contributed by atoms with Gasteiger partial charge in [-0.15, -0.1) is 11.3 Å². The molecular formula is C14H13ClFNO2S. The van der Waals surface area contributed by atoms with Crippen LogP contribution < -0.4 is 0 Å². The Kier molecular flexibility index (Phi) is 3.67. The van der Waals surface area contributed by atoms with Crippen LogP contribution in [-0.4, -0.2) is 35.1 Å². The SMILES string of the molecule is O=C(c1sc2cc(F)ccc2c1Cl)N(CCO)C1CC1. The number of halogens is 2. The van der Waals surface area contributed by atoms with Crippen LogP contribution in [0.25, 0.3) is 10.1 Å². The van der Waals surface area contributed by atoms with Gasteiger partial charge < -0.3 is 10.0 Å². The number of benzene rings is 1. The van der Waals surface area contributed by atoms with Crippen molar-refractivity contribution in [3.8, 4) is 0 Å². The van der Waals surface area contributed by atoms with Crippen LogP contribution in [0.4, 0.5) is 4.39 Å². The van der Waals surface area contributed by atoms with E-state index in [1.807, 2.05) is 0 Å². The Balaban J connectivity index is 2.00. The molecular weight excluding hydrogens is 301 g/mol. The molecule has 1 heterocycles. The van der Waals surface area contributed by atoms with Gasteiger partial charge >= 0.3 is 0 Å². The summed E-state index contributed by atoms with van der Waals surface area (Å²) >= 11 is 7.45. The molecule has 1 amide bonds. The van der Waals surface area contributed by atoms with Crippen molar-refractivity contribution in [1.82, 2.24) is 4.90 Å². The van der Waals surface area contributed by atoms with E-state index < -0.39 is 0 Å². The largest absolute Gasteiger partial charge is 0.395 e. The quantitative estimate of drug-likeness (QED) is 0.941. The fraction of sp³-hybridized carbons (Fsp3) is 0.357. The van der Waals surface area contributed by atoms with E-state index in [-0.39, 0.29) is 24.4 Å². The molecule has 0 atom stereocenters. The summed E-state index contributed by atoms with van der Waals surface area (Å²) in [5, 5.41) is 10.2. The van der Waals surface area contributed by atoms with Gasteiger partial charge in [0.05, 0.1) is 11.6 Å². The number of carbonyl (C=O) groups excluding carboxylic acids is 1. The molecule has 0 radical (unpaired) electrons. The molecule has 6 heteroatoms. The number of carbonyl (C=O) groups is 1. The van der Waals surface area contributed by atoms with Gasteiger partial charge in [0.2, 0.25) is 0 Å². The van der Waals surface area contributed by atoms with Crippen molar-refractivity contribution in [2.24, 2.45) is 0 Å². The number of hydrogen-bond donors (Lipinski definition) is 1. The van der Waals surface area contributed by atoms with E-state index >= 15 is 0 Å². The number of aliphatic hydroxyl groups is 1. The number of rotatable bonds is 4. The molecule has 1 saturated carbocycles. The third-order valence-corrected chi connectivity index (χ3v) is 5.02. The Labute approximate surface area is 124 Å². The molecule has 1 aliphatic carbocycles. The minimum absolute atomic E-state index is 0.0701. The molecule has 0 spiro atoms.